The van der Waals surface area contributed by atoms with Crippen LogP contribution in [0.5, 0.6) is 0 Å². The van der Waals surface area contributed by atoms with E-state index < -0.39 is 11.2 Å². The molecule has 0 amide bonds. The number of fused-ring (bicyclic) bond motifs is 2. The molecule has 2 saturated heterocycles. The zero-order valence-electron chi connectivity index (χ0n) is 33.2. The Morgan fingerprint density at radius 2 is 1.17 bits per heavy atom. The number of carbonyl (C=O) groups is 4. The van der Waals surface area contributed by atoms with Crippen molar-refractivity contribution in [2.45, 2.75) is 186 Å². The average molecular weight is 737 g/mol. The minimum absolute atomic E-state index is 0.0124. The van der Waals surface area contributed by atoms with Crippen molar-refractivity contribution in [2.24, 2.45) is 71.0 Å². The first-order valence-electron chi connectivity index (χ1n) is 22.5. The third-order valence-corrected chi connectivity index (χ3v) is 16.9. The molecule has 9 rings (SSSR count). The fourth-order valence-corrected chi connectivity index (χ4v) is 14.2. The molecule has 7 saturated carbocycles. The third kappa shape index (κ3) is 6.38. The summed E-state index contributed by atoms with van der Waals surface area (Å²) in [5.41, 5.74) is -0.850. The zero-order chi connectivity index (χ0) is 37.1. The van der Waals surface area contributed by atoms with Crippen molar-refractivity contribution in [2.75, 3.05) is 0 Å². The van der Waals surface area contributed by atoms with E-state index in [1.807, 2.05) is 20.8 Å². The summed E-state index contributed by atoms with van der Waals surface area (Å²) in [6.07, 6.45) is 23.5. The normalized spacial score (nSPS) is 39.5. The monoisotopic (exact) mass is 736 g/mol. The highest BCUT2D eigenvalue weighted by molar-refractivity contribution is 5.78. The number of hydrogen-bond acceptors (Lipinski definition) is 8. The van der Waals surface area contributed by atoms with Crippen LogP contribution in [0.25, 0.3) is 0 Å². The summed E-state index contributed by atoms with van der Waals surface area (Å²) in [6, 6.07) is 0. The summed E-state index contributed by atoms with van der Waals surface area (Å²) < 4.78 is 24.5. The first kappa shape index (κ1) is 37.8. The van der Waals surface area contributed by atoms with Crippen LogP contribution in [0.2, 0.25) is 0 Å². The molecule has 53 heavy (non-hydrogen) atoms. The Labute approximate surface area is 318 Å². The molecule has 9 aliphatic rings. The van der Waals surface area contributed by atoms with Crippen LogP contribution < -0.4 is 0 Å². The molecule has 7 aliphatic carbocycles. The van der Waals surface area contributed by atoms with Crippen molar-refractivity contribution in [3.63, 3.8) is 0 Å². The van der Waals surface area contributed by atoms with Crippen molar-refractivity contribution < 1.29 is 38.1 Å². The standard InChI is InChI=1S/C26H40O4.C19H28O4/c1-3-16(2)24(27)30-26(18-10-6-4-7-11-18,19-12-8-5-9-13-19)23-17-14-20-21(15-17)29-25(28)22(20)23;1-3-11(2)17(20)23-19(7-5-4-6-8-19)16-12-9-13-14(10-12)22-18(21)15(13)16/h16-23H,3-15H2,1-2H3;11-16H,3-10H2,1-2H3. The zero-order valence-corrected chi connectivity index (χ0v) is 33.2. The molecule has 8 nitrogen and oxygen atoms in total. The van der Waals surface area contributed by atoms with E-state index in [0.29, 0.717) is 35.5 Å². The van der Waals surface area contributed by atoms with Gasteiger partial charge in [0.1, 0.15) is 23.4 Å². The van der Waals surface area contributed by atoms with Gasteiger partial charge < -0.3 is 18.9 Å². The Balaban J connectivity index is 0.000000156. The smallest absolute Gasteiger partial charge is 0.310 e. The van der Waals surface area contributed by atoms with Crippen molar-refractivity contribution >= 4 is 23.9 Å². The maximum Gasteiger partial charge on any atom is 0.310 e. The lowest BCUT2D eigenvalue weighted by atomic mass is 9.56. The number of rotatable bonds is 10. The first-order valence-corrected chi connectivity index (χ1v) is 22.5. The minimum atomic E-state index is -0.445. The van der Waals surface area contributed by atoms with Crippen LogP contribution in [0.3, 0.4) is 0 Å². The number of hydrogen-bond donors (Lipinski definition) is 0. The molecule has 9 fully saturated rings. The predicted molar refractivity (Wildman–Crippen MR) is 199 cm³/mol. The molecule has 0 radical (unpaired) electrons. The summed E-state index contributed by atoms with van der Waals surface area (Å²) in [7, 11) is 0. The molecule has 296 valence electrons. The van der Waals surface area contributed by atoms with Crippen molar-refractivity contribution in [1.29, 1.82) is 0 Å². The van der Waals surface area contributed by atoms with Gasteiger partial charge in [-0.25, -0.2) is 0 Å². The molecule has 2 aliphatic heterocycles. The Hall–Kier alpha value is -2.12. The van der Waals surface area contributed by atoms with Crippen LogP contribution in [0.4, 0.5) is 0 Å². The molecule has 12 unspecified atom stereocenters. The summed E-state index contributed by atoms with van der Waals surface area (Å²) in [5, 5.41) is 0. The van der Waals surface area contributed by atoms with Crippen LogP contribution in [0, 0.1) is 71.0 Å². The minimum Gasteiger partial charge on any atom is -0.462 e. The van der Waals surface area contributed by atoms with Gasteiger partial charge in [0, 0.05) is 23.7 Å². The summed E-state index contributed by atoms with van der Waals surface area (Å²) in [4.78, 5) is 51.4. The fourth-order valence-electron chi connectivity index (χ4n) is 14.2. The van der Waals surface area contributed by atoms with E-state index in [1.165, 1.54) is 44.9 Å². The van der Waals surface area contributed by atoms with Gasteiger partial charge in [0.15, 0.2) is 0 Å². The van der Waals surface area contributed by atoms with Gasteiger partial charge >= 0.3 is 23.9 Å². The van der Waals surface area contributed by atoms with E-state index >= 15 is 0 Å². The largest absolute Gasteiger partial charge is 0.462 e. The molecular weight excluding hydrogens is 668 g/mol. The molecule has 4 bridgehead atoms. The Kier molecular flexibility index (Phi) is 10.8. The van der Waals surface area contributed by atoms with Crippen molar-refractivity contribution in [3.8, 4) is 0 Å². The van der Waals surface area contributed by atoms with E-state index in [9.17, 15) is 19.2 Å². The van der Waals surface area contributed by atoms with Gasteiger partial charge in [0.2, 0.25) is 0 Å². The molecule has 8 heteroatoms. The van der Waals surface area contributed by atoms with Gasteiger partial charge in [0.05, 0.1) is 23.7 Å². The highest BCUT2D eigenvalue weighted by atomic mass is 16.6. The summed E-state index contributed by atoms with van der Waals surface area (Å²) >= 11 is 0. The van der Waals surface area contributed by atoms with Crippen LogP contribution in [0.15, 0.2) is 0 Å². The Bertz CT molecular complexity index is 1350. The van der Waals surface area contributed by atoms with Gasteiger partial charge in [-0.3, -0.25) is 19.2 Å². The van der Waals surface area contributed by atoms with Crippen LogP contribution in [0.1, 0.15) is 163 Å². The van der Waals surface area contributed by atoms with Crippen molar-refractivity contribution in [1.82, 2.24) is 0 Å². The van der Waals surface area contributed by atoms with Gasteiger partial charge in [0.25, 0.3) is 0 Å². The summed E-state index contributed by atoms with van der Waals surface area (Å²) in [5.74, 6) is 2.73. The van der Waals surface area contributed by atoms with E-state index in [1.54, 1.807) is 0 Å². The van der Waals surface area contributed by atoms with E-state index in [0.717, 1.165) is 89.9 Å². The molecule has 0 aromatic heterocycles. The van der Waals surface area contributed by atoms with Gasteiger partial charge in [-0.05, 0) is 114 Å². The average Bonchev–Trinajstić information content (AvgIpc) is 4.01. The first-order chi connectivity index (χ1) is 25.6. The molecule has 0 N–H and O–H groups in total. The molecule has 12 atom stereocenters. The van der Waals surface area contributed by atoms with E-state index in [2.05, 4.69) is 6.92 Å². The molecular formula is C45H68O8. The van der Waals surface area contributed by atoms with Gasteiger partial charge in [-0.15, -0.1) is 0 Å². The van der Waals surface area contributed by atoms with Crippen LogP contribution in [-0.4, -0.2) is 47.3 Å². The fraction of sp³-hybridized carbons (Fsp3) is 0.911. The van der Waals surface area contributed by atoms with Gasteiger partial charge in [-0.2, -0.15) is 0 Å². The Morgan fingerprint density at radius 1 is 0.679 bits per heavy atom. The lowest BCUT2D eigenvalue weighted by Crippen LogP contribution is -2.59. The summed E-state index contributed by atoms with van der Waals surface area (Å²) in [6.45, 7) is 8.05. The lowest BCUT2D eigenvalue weighted by molar-refractivity contribution is -0.209. The highest BCUT2D eigenvalue weighted by Crippen LogP contribution is 2.66. The maximum absolute atomic E-state index is 13.4. The van der Waals surface area contributed by atoms with E-state index in [4.69, 9.17) is 18.9 Å². The maximum atomic E-state index is 13.4. The van der Waals surface area contributed by atoms with Crippen LogP contribution in [-0.2, 0) is 38.1 Å². The van der Waals surface area contributed by atoms with Crippen molar-refractivity contribution in [3.05, 3.63) is 0 Å². The SMILES string of the molecule is CCC(C)C(=O)OC(C1CCCCC1)(C1CCCCC1)C1C2CC3OC(=O)C1C3C2.CCC(C)C(=O)OC1(C2C3CC4OC(=O)C2C4C3)CCCCC1. The third-order valence-electron chi connectivity index (χ3n) is 16.9. The molecule has 2 heterocycles. The Morgan fingerprint density at radius 3 is 1.75 bits per heavy atom. The second-order valence-electron chi connectivity index (χ2n) is 19.5. The van der Waals surface area contributed by atoms with E-state index in [-0.39, 0.29) is 71.6 Å². The quantitative estimate of drug-likeness (QED) is 0.162. The van der Waals surface area contributed by atoms with Gasteiger partial charge in [-0.1, -0.05) is 72.6 Å². The number of carbonyl (C=O) groups excluding carboxylic acids is 4. The molecule has 0 aromatic rings. The second-order valence-corrected chi connectivity index (χ2v) is 19.5. The topological polar surface area (TPSA) is 105 Å². The second kappa shape index (κ2) is 15.1. The molecule has 0 aromatic carbocycles. The predicted octanol–water partition coefficient (Wildman–Crippen LogP) is 9.15. The number of esters is 4. The molecule has 0 spiro atoms. The number of ether oxygens (including phenoxy) is 4. The highest BCUT2D eigenvalue weighted by Gasteiger charge is 2.71. The van der Waals surface area contributed by atoms with Crippen LogP contribution >= 0.6 is 0 Å². The lowest BCUT2D eigenvalue weighted by Gasteiger charge is -2.54.